The lowest BCUT2D eigenvalue weighted by atomic mass is 10.3. The summed E-state index contributed by atoms with van der Waals surface area (Å²) in [5.74, 6) is 1.00. The van der Waals surface area contributed by atoms with E-state index in [-0.39, 0.29) is 5.89 Å². The van der Waals surface area contributed by atoms with Gasteiger partial charge in [-0.2, -0.15) is 10.2 Å². The zero-order valence-corrected chi connectivity index (χ0v) is 10.4. The van der Waals surface area contributed by atoms with Crippen LogP contribution in [0.25, 0.3) is 23.1 Å². The summed E-state index contributed by atoms with van der Waals surface area (Å²) in [6.45, 7) is 0. The standard InChI is InChI=1S/C12H8N6O2/c1-19-10-3-8(15-6-16-10)11-17-12(20-18-11)9-2-7(4-13)5-14-9/h2-3,5-6,14H,1H3. The van der Waals surface area contributed by atoms with Gasteiger partial charge in [0.1, 0.15) is 23.8 Å². The average molecular weight is 268 g/mol. The zero-order chi connectivity index (χ0) is 13.9. The van der Waals surface area contributed by atoms with Gasteiger partial charge in [0, 0.05) is 12.3 Å². The van der Waals surface area contributed by atoms with Crippen molar-refractivity contribution >= 4 is 0 Å². The van der Waals surface area contributed by atoms with Crippen molar-refractivity contribution in [3.63, 3.8) is 0 Å². The van der Waals surface area contributed by atoms with Gasteiger partial charge >= 0.3 is 0 Å². The molecule has 0 saturated carbocycles. The summed E-state index contributed by atoms with van der Waals surface area (Å²) in [6.07, 6.45) is 2.92. The van der Waals surface area contributed by atoms with Gasteiger partial charge in [-0.05, 0) is 6.07 Å². The number of nitrogens with one attached hydrogen (secondary N) is 1. The van der Waals surface area contributed by atoms with Gasteiger partial charge in [-0.25, -0.2) is 9.97 Å². The molecule has 0 fully saturated rings. The lowest BCUT2D eigenvalue weighted by Gasteiger charge is -1.97. The number of hydrogen-bond acceptors (Lipinski definition) is 7. The number of aromatic nitrogens is 5. The lowest BCUT2D eigenvalue weighted by molar-refractivity contribution is 0.397. The Hall–Kier alpha value is -3.21. The van der Waals surface area contributed by atoms with E-state index in [1.807, 2.05) is 6.07 Å². The maximum atomic E-state index is 8.77. The normalized spacial score (nSPS) is 10.2. The first-order valence-corrected chi connectivity index (χ1v) is 5.59. The molecule has 3 aromatic heterocycles. The summed E-state index contributed by atoms with van der Waals surface area (Å²) in [7, 11) is 1.51. The van der Waals surface area contributed by atoms with Crippen LogP contribution in [-0.2, 0) is 0 Å². The molecular weight excluding hydrogens is 260 g/mol. The molecule has 20 heavy (non-hydrogen) atoms. The van der Waals surface area contributed by atoms with E-state index in [1.165, 1.54) is 13.4 Å². The van der Waals surface area contributed by atoms with Crippen molar-refractivity contribution < 1.29 is 9.26 Å². The summed E-state index contributed by atoms with van der Waals surface area (Å²) in [6, 6.07) is 5.24. The van der Waals surface area contributed by atoms with Crippen molar-refractivity contribution in [1.29, 1.82) is 5.26 Å². The van der Waals surface area contributed by atoms with Crippen molar-refractivity contribution in [2.24, 2.45) is 0 Å². The third-order valence-corrected chi connectivity index (χ3v) is 2.55. The highest BCUT2D eigenvalue weighted by atomic mass is 16.5. The van der Waals surface area contributed by atoms with Crippen LogP contribution in [0.3, 0.4) is 0 Å². The number of aromatic amines is 1. The molecule has 0 atom stereocenters. The van der Waals surface area contributed by atoms with Crippen LogP contribution in [-0.4, -0.2) is 32.2 Å². The molecule has 0 amide bonds. The molecule has 3 aromatic rings. The molecule has 98 valence electrons. The molecule has 3 rings (SSSR count). The quantitative estimate of drug-likeness (QED) is 0.763. The molecule has 0 radical (unpaired) electrons. The third kappa shape index (κ3) is 2.08. The number of rotatable bonds is 3. The number of hydrogen-bond donors (Lipinski definition) is 1. The van der Waals surface area contributed by atoms with E-state index in [9.17, 15) is 0 Å². The molecule has 0 aliphatic heterocycles. The predicted molar refractivity (Wildman–Crippen MR) is 66.4 cm³/mol. The maximum Gasteiger partial charge on any atom is 0.274 e. The fourth-order valence-electron chi connectivity index (χ4n) is 1.59. The largest absolute Gasteiger partial charge is 0.481 e. The van der Waals surface area contributed by atoms with Crippen LogP contribution in [0.5, 0.6) is 5.88 Å². The van der Waals surface area contributed by atoms with Gasteiger partial charge in [-0.1, -0.05) is 5.16 Å². The Kier molecular flexibility index (Phi) is 2.85. The SMILES string of the molecule is COc1cc(-c2noc(-c3cc(C#N)c[nH]3)n2)ncn1. The van der Waals surface area contributed by atoms with Gasteiger partial charge in [0.25, 0.3) is 5.89 Å². The van der Waals surface area contributed by atoms with Gasteiger partial charge in [0.15, 0.2) is 0 Å². The number of nitriles is 1. The van der Waals surface area contributed by atoms with Crippen molar-refractivity contribution in [2.75, 3.05) is 7.11 Å². The second-order valence-corrected chi connectivity index (χ2v) is 3.78. The van der Waals surface area contributed by atoms with Crippen LogP contribution in [0, 0.1) is 11.3 Å². The van der Waals surface area contributed by atoms with Crippen LogP contribution in [0.4, 0.5) is 0 Å². The Balaban J connectivity index is 1.95. The molecule has 0 aromatic carbocycles. The molecule has 0 saturated heterocycles. The van der Waals surface area contributed by atoms with Crippen LogP contribution in [0.15, 0.2) is 29.2 Å². The summed E-state index contributed by atoms with van der Waals surface area (Å²) in [5.41, 5.74) is 1.55. The van der Waals surface area contributed by atoms with E-state index in [4.69, 9.17) is 14.5 Å². The van der Waals surface area contributed by atoms with E-state index >= 15 is 0 Å². The minimum atomic E-state index is 0.277. The number of nitrogens with zero attached hydrogens (tertiary/aromatic N) is 5. The molecule has 8 heteroatoms. The Bertz CT molecular complexity index is 785. The Morgan fingerprint density at radius 3 is 3.00 bits per heavy atom. The molecular formula is C12H8N6O2. The monoisotopic (exact) mass is 268 g/mol. The van der Waals surface area contributed by atoms with E-state index in [2.05, 4.69) is 25.1 Å². The first-order valence-electron chi connectivity index (χ1n) is 5.59. The zero-order valence-electron chi connectivity index (χ0n) is 10.4. The van der Waals surface area contributed by atoms with Crippen molar-refractivity contribution in [1.82, 2.24) is 25.1 Å². The van der Waals surface area contributed by atoms with Crippen molar-refractivity contribution in [3.05, 3.63) is 30.2 Å². The lowest BCUT2D eigenvalue weighted by Crippen LogP contribution is -1.91. The van der Waals surface area contributed by atoms with Gasteiger partial charge in [-0.15, -0.1) is 0 Å². The summed E-state index contributed by atoms with van der Waals surface area (Å²) in [5, 5.41) is 12.6. The summed E-state index contributed by atoms with van der Waals surface area (Å²) >= 11 is 0. The van der Waals surface area contributed by atoms with Gasteiger partial charge in [0.2, 0.25) is 11.7 Å². The second kappa shape index (κ2) is 4.81. The summed E-state index contributed by atoms with van der Waals surface area (Å²) < 4.78 is 10.1. The fourth-order valence-corrected chi connectivity index (χ4v) is 1.59. The molecule has 0 aliphatic rings. The molecule has 8 nitrogen and oxygen atoms in total. The number of H-pyrrole nitrogens is 1. The van der Waals surface area contributed by atoms with Crippen LogP contribution in [0.2, 0.25) is 0 Å². The van der Waals surface area contributed by atoms with E-state index in [0.29, 0.717) is 28.7 Å². The van der Waals surface area contributed by atoms with Gasteiger partial charge < -0.3 is 14.2 Å². The van der Waals surface area contributed by atoms with Crippen LogP contribution >= 0.6 is 0 Å². The number of ether oxygens (including phenoxy) is 1. The Labute approximate surface area is 113 Å². The maximum absolute atomic E-state index is 8.77. The molecule has 0 spiro atoms. The minimum absolute atomic E-state index is 0.277. The molecule has 1 N–H and O–H groups in total. The smallest absolute Gasteiger partial charge is 0.274 e. The van der Waals surface area contributed by atoms with Crippen molar-refractivity contribution in [3.8, 4) is 35.1 Å². The van der Waals surface area contributed by atoms with E-state index in [0.717, 1.165) is 0 Å². The van der Waals surface area contributed by atoms with Gasteiger partial charge in [-0.3, -0.25) is 0 Å². The highest BCUT2D eigenvalue weighted by molar-refractivity contribution is 5.56. The predicted octanol–water partition coefficient (Wildman–Crippen LogP) is 1.40. The van der Waals surface area contributed by atoms with Crippen LogP contribution < -0.4 is 4.74 Å². The number of methoxy groups -OCH3 is 1. The minimum Gasteiger partial charge on any atom is -0.481 e. The third-order valence-electron chi connectivity index (χ3n) is 2.55. The first kappa shape index (κ1) is 11.9. The molecule has 3 heterocycles. The van der Waals surface area contributed by atoms with Gasteiger partial charge in [0.05, 0.1) is 12.7 Å². The fraction of sp³-hybridized carbons (Fsp3) is 0.0833. The van der Waals surface area contributed by atoms with E-state index < -0.39 is 0 Å². The Morgan fingerprint density at radius 2 is 2.25 bits per heavy atom. The topological polar surface area (TPSA) is 114 Å². The highest BCUT2D eigenvalue weighted by Gasteiger charge is 2.14. The van der Waals surface area contributed by atoms with E-state index in [1.54, 1.807) is 18.3 Å². The second-order valence-electron chi connectivity index (χ2n) is 3.78. The Morgan fingerprint density at radius 1 is 1.35 bits per heavy atom. The molecule has 0 aliphatic carbocycles. The highest BCUT2D eigenvalue weighted by Crippen LogP contribution is 2.21. The van der Waals surface area contributed by atoms with Crippen molar-refractivity contribution in [2.45, 2.75) is 0 Å². The molecule has 0 bridgehead atoms. The summed E-state index contributed by atoms with van der Waals surface area (Å²) in [4.78, 5) is 15.0. The van der Waals surface area contributed by atoms with Crippen LogP contribution in [0.1, 0.15) is 5.56 Å². The average Bonchev–Trinajstić information content (AvgIpc) is 3.15. The molecule has 0 unspecified atom stereocenters. The first-order chi connectivity index (χ1) is 9.80.